The maximum atomic E-state index is 12.2. The molecule has 0 aliphatic carbocycles. The van der Waals surface area contributed by atoms with E-state index in [1.165, 1.54) is 17.3 Å². The van der Waals surface area contributed by atoms with Crippen molar-refractivity contribution in [1.82, 2.24) is 15.3 Å². The number of thioether (sulfide) groups is 1. The van der Waals surface area contributed by atoms with Crippen LogP contribution in [-0.4, -0.2) is 60.3 Å². The van der Waals surface area contributed by atoms with E-state index in [4.69, 9.17) is 21.1 Å². The lowest BCUT2D eigenvalue weighted by molar-refractivity contribution is -0.169. The number of rotatable bonds is 7. The van der Waals surface area contributed by atoms with E-state index < -0.39 is 5.79 Å². The van der Waals surface area contributed by atoms with Crippen LogP contribution in [0.2, 0.25) is 5.15 Å². The molecule has 9 heteroatoms. The smallest absolute Gasteiger partial charge is 0.230 e. The van der Waals surface area contributed by atoms with Gasteiger partial charge >= 0.3 is 0 Å². The van der Waals surface area contributed by atoms with Crippen LogP contribution in [0.1, 0.15) is 18.4 Å². The highest BCUT2D eigenvalue weighted by molar-refractivity contribution is 7.99. The van der Waals surface area contributed by atoms with E-state index in [1.807, 2.05) is 18.2 Å². The molecule has 1 amide bonds. The normalized spacial score (nSPS) is 18.0. The van der Waals surface area contributed by atoms with Crippen molar-refractivity contribution >= 4 is 35.1 Å². The van der Waals surface area contributed by atoms with Crippen molar-refractivity contribution in [3.05, 3.63) is 47.1 Å². The van der Waals surface area contributed by atoms with E-state index in [0.29, 0.717) is 30.1 Å². The van der Waals surface area contributed by atoms with Gasteiger partial charge in [-0.15, -0.1) is 0 Å². The van der Waals surface area contributed by atoms with Crippen molar-refractivity contribution < 1.29 is 14.3 Å². The number of aromatic nitrogens is 2. The predicted molar refractivity (Wildman–Crippen MR) is 117 cm³/mol. The monoisotopic (exact) mass is 448 g/mol. The SMILES string of the molecule is O=C(CSc1nc(Cl)cc(N2CCC3(CC2)OCCO3)n1)NCCc1ccccc1. The van der Waals surface area contributed by atoms with Gasteiger partial charge in [-0.1, -0.05) is 53.7 Å². The van der Waals surface area contributed by atoms with Crippen molar-refractivity contribution in [3.8, 4) is 0 Å². The number of nitrogens with zero attached hydrogens (tertiary/aromatic N) is 3. The highest BCUT2D eigenvalue weighted by atomic mass is 35.5. The summed E-state index contributed by atoms with van der Waals surface area (Å²) in [7, 11) is 0. The number of piperidine rings is 1. The average Bonchev–Trinajstić information content (AvgIpc) is 3.21. The summed E-state index contributed by atoms with van der Waals surface area (Å²) in [5, 5.41) is 3.81. The number of nitrogens with one attached hydrogen (secondary N) is 1. The molecule has 1 spiro atoms. The summed E-state index contributed by atoms with van der Waals surface area (Å²) in [5.41, 5.74) is 1.20. The summed E-state index contributed by atoms with van der Waals surface area (Å²) in [6, 6.07) is 11.8. The van der Waals surface area contributed by atoms with Crippen molar-refractivity contribution in [2.24, 2.45) is 0 Å². The van der Waals surface area contributed by atoms with Gasteiger partial charge in [0.2, 0.25) is 5.91 Å². The molecule has 0 bridgehead atoms. The summed E-state index contributed by atoms with van der Waals surface area (Å²) in [6.45, 7) is 3.47. The fourth-order valence-electron chi connectivity index (χ4n) is 3.65. The maximum Gasteiger partial charge on any atom is 0.230 e. The predicted octanol–water partition coefficient (Wildman–Crippen LogP) is 2.92. The molecule has 2 aliphatic heterocycles. The van der Waals surface area contributed by atoms with E-state index >= 15 is 0 Å². The average molecular weight is 449 g/mol. The van der Waals surface area contributed by atoms with Crippen molar-refractivity contribution in [3.63, 3.8) is 0 Å². The van der Waals surface area contributed by atoms with Crippen LogP contribution in [0.5, 0.6) is 0 Å². The van der Waals surface area contributed by atoms with Crippen LogP contribution >= 0.6 is 23.4 Å². The Bertz CT molecular complexity index is 855. The minimum absolute atomic E-state index is 0.0449. The summed E-state index contributed by atoms with van der Waals surface area (Å²) in [4.78, 5) is 23.2. The van der Waals surface area contributed by atoms with Crippen LogP contribution in [0.15, 0.2) is 41.6 Å². The molecule has 1 aromatic heterocycles. The van der Waals surface area contributed by atoms with Crippen molar-refractivity contribution in [1.29, 1.82) is 0 Å². The van der Waals surface area contributed by atoms with Gasteiger partial charge in [0.1, 0.15) is 11.0 Å². The molecule has 30 heavy (non-hydrogen) atoms. The molecule has 2 saturated heterocycles. The van der Waals surface area contributed by atoms with Crippen LogP contribution in [-0.2, 0) is 20.7 Å². The fraction of sp³-hybridized carbons (Fsp3) is 0.476. The molecular formula is C21H25ClN4O3S. The van der Waals surface area contributed by atoms with E-state index in [-0.39, 0.29) is 11.7 Å². The zero-order chi connectivity index (χ0) is 20.8. The zero-order valence-electron chi connectivity index (χ0n) is 16.7. The Morgan fingerprint density at radius 2 is 1.90 bits per heavy atom. The lowest BCUT2D eigenvalue weighted by Crippen LogP contribution is -2.45. The van der Waals surface area contributed by atoms with E-state index in [0.717, 1.165) is 38.2 Å². The van der Waals surface area contributed by atoms with Crippen molar-refractivity contribution in [2.45, 2.75) is 30.2 Å². The second-order valence-corrected chi connectivity index (χ2v) is 8.63. The topological polar surface area (TPSA) is 76.6 Å². The second-order valence-electron chi connectivity index (χ2n) is 7.30. The Morgan fingerprint density at radius 3 is 2.63 bits per heavy atom. The van der Waals surface area contributed by atoms with Crippen LogP contribution in [0, 0.1) is 0 Å². The molecule has 4 rings (SSSR count). The van der Waals surface area contributed by atoms with Crippen molar-refractivity contribution in [2.75, 3.05) is 43.5 Å². The molecular weight excluding hydrogens is 424 g/mol. The lowest BCUT2D eigenvalue weighted by atomic mass is 10.0. The van der Waals surface area contributed by atoms with E-state index in [2.05, 4.69) is 32.3 Å². The van der Waals surface area contributed by atoms with Gasteiger partial charge in [-0.05, 0) is 12.0 Å². The lowest BCUT2D eigenvalue weighted by Gasteiger charge is -2.38. The van der Waals surface area contributed by atoms with E-state index in [9.17, 15) is 4.79 Å². The molecule has 0 radical (unpaired) electrons. The molecule has 0 saturated carbocycles. The van der Waals surface area contributed by atoms with Gasteiger partial charge in [-0.2, -0.15) is 0 Å². The van der Waals surface area contributed by atoms with Gasteiger partial charge in [-0.25, -0.2) is 9.97 Å². The van der Waals surface area contributed by atoms with Gasteiger partial charge in [0.15, 0.2) is 10.9 Å². The zero-order valence-corrected chi connectivity index (χ0v) is 18.3. The van der Waals surface area contributed by atoms with Crippen LogP contribution in [0.25, 0.3) is 0 Å². The minimum Gasteiger partial charge on any atom is -0.356 e. The number of carbonyl (C=O) groups is 1. The second kappa shape index (κ2) is 9.96. The molecule has 160 valence electrons. The Morgan fingerprint density at radius 1 is 1.17 bits per heavy atom. The molecule has 3 heterocycles. The highest BCUT2D eigenvalue weighted by Gasteiger charge is 2.40. The van der Waals surface area contributed by atoms with Gasteiger partial charge in [0, 0.05) is 38.5 Å². The van der Waals surface area contributed by atoms with Crippen LogP contribution in [0.3, 0.4) is 0 Å². The number of ether oxygens (including phenoxy) is 2. The number of amides is 1. The van der Waals surface area contributed by atoms with E-state index in [1.54, 1.807) is 6.07 Å². The third kappa shape index (κ3) is 5.63. The molecule has 2 aromatic rings. The summed E-state index contributed by atoms with van der Waals surface area (Å²) < 4.78 is 11.6. The first-order chi connectivity index (χ1) is 14.6. The molecule has 0 unspecified atom stereocenters. The summed E-state index contributed by atoms with van der Waals surface area (Å²) >= 11 is 7.51. The molecule has 7 nitrogen and oxygen atoms in total. The standard InChI is InChI=1S/C21H25ClN4O3S/c22-17-14-18(26-10-7-21(8-11-26)28-12-13-29-21)25-20(24-17)30-15-19(27)23-9-6-16-4-2-1-3-5-16/h1-5,14H,6-13,15H2,(H,23,27). The number of hydrogen-bond donors (Lipinski definition) is 1. The minimum atomic E-state index is -0.428. The third-order valence-corrected chi connectivity index (χ3v) is 6.28. The molecule has 2 aliphatic rings. The fourth-order valence-corrected chi connectivity index (χ4v) is 4.56. The number of anilines is 1. The van der Waals surface area contributed by atoms with Gasteiger partial charge in [-0.3, -0.25) is 4.79 Å². The first-order valence-electron chi connectivity index (χ1n) is 10.1. The quantitative estimate of drug-likeness (QED) is 0.396. The first kappa shape index (κ1) is 21.4. The number of carbonyl (C=O) groups excluding carboxylic acids is 1. The molecule has 1 N–H and O–H groups in total. The molecule has 0 atom stereocenters. The Balaban J connectivity index is 1.26. The van der Waals surface area contributed by atoms with Crippen LogP contribution in [0.4, 0.5) is 5.82 Å². The Hall–Kier alpha value is -1.87. The highest BCUT2D eigenvalue weighted by Crippen LogP contribution is 2.33. The summed E-state index contributed by atoms with van der Waals surface area (Å²) in [6.07, 6.45) is 2.39. The van der Waals surface area contributed by atoms with Gasteiger partial charge in [0.05, 0.1) is 19.0 Å². The molecule has 2 fully saturated rings. The summed E-state index contributed by atoms with van der Waals surface area (Å²) in [5.74, 6) is 0.550. The van der Waals surface area contributed by atoms with Crippen LogP contribution < -0.4 is 10.2 Å². The number of halogens is 1. The third-order valence-electron chi connectivity index (χ3n) is 5.23. The molecule has 1 aromatic carbocycles. The number of benzene rings is 1. The number of hydrogen-bond acceptors (Lipinski definition) is 7. The van der Waals surface area contributed by atoms with Gasteiger partial charge in [0.25, 0.3) is 0 Å². The van der Waals surface area contributed by atoms with Gasteiger partial charge < -0.3 is 19.7 Å². The first-order valence-corrected chi connectivity index (χ1v) is 11.5. The Labute approximate surface area is 185 Å². The Kier molecular flexibility index (Phi) is 7.09. The largest absolute Gasteiger partial charge is 0.356 e. The maximum absolute atomic E-state index is 12.2.